The van der Waals surface area contributed by atoms with E-state index in [2.05, 4.69) is 9.97 Å². The molecule has 1 N–H and O–H groups in total. The SMILES string of the molecule is OC1=C(c2ncccn2)C=CC1. The molecule has 60 valence electrons. The predicted molar refractivity (Wildman–Crippen MR) is 45.3 cm³/mol. The quantitative estimate of drug-likeness (QED) is 0.680. The van der Waals surface area contributed by atoms with E-state index >= 15 is 0 Å². The van der Waals surface area contributed by atoms with Crippen LogP contribution in [0.5, 0.6) is 0 Å². The third-order valence-corrected chi connectivity index (χ3v) is 1.71. The van der Waals surface area contributed by atoms with Gasteiger partial charge in [-0.2, -0.15) is 0 Å². The van der Waals surface area contributed by atoms with Gasteiger partial charge in [0, 0.05) is 18.8 Å². The summed E-state index contributed by atoms with van der Waals surface area (Å²) < 4.78 is 0. The van der Waals surface area contributed by atoms with Crippen LogP contribution in [-0.4, -0.2) is 15.1 Å². The fraction of sp³-hybridized carbons (Fsp3) is 0.111. The fourth-order valence-corrected chi connectivity index (χ4v) is 1.14. The number of aliphatic hydroxyl groups excluding tert-OH is 1. The summed E-state index contributed by atoms with van der Waals surface area (Å²) in [5.74, 6) is 0.935. The molecule has 0 spiro atoms. The molecule has 0 fully saturated rings. The van der Waals surface area contributed by atoms with Crippen molar-refractivity contribution in [2.24, 2.45) is 0 Å². The van der Waals surface area contributed by atoms with Gasteiger partial charge in [0.1, 0.15) is 5.76 Å². The highest BCUT2D eigenvalue weighted by Gasteiger charge is 2.11. The molecular weight excluding hydrogens is 152 g/mol. The molecule has 0 bridgehead atoms. The van der Waals surface area contributed by atoms with Crippen molar-refractivity contribution in [1.29, 1.82) is 0 Å². The molecule has 0 radical (unpaired) electrons. The molecule has 3 heteroatoms. The van der Waals surface area contributed by atoms with Crippen LogP contribution >= 0.6 is 0 Å². The Bertz CT molecular complexity index is 341. The van der Waals surface area contributed by atoms with Crippen LogP contribution in [0, 0.1) is 0 Å². The van der Waals surface area contributed by atoms with Gasteiger partial charge in [-0.1, -0.05) is 12.2 Å². The van der Waals surface area contributed by atoms with Crippen molar-refractivity contribution in [3.05, 3.63) is 42.2 Å². The molecule has 0 atom stereocenters. The zero-order chi connectivity index (χ0) is 8.39. The van der Waals surface area contributed by atoms with Crippen molar-refractivity contribution in [2.45, 2.75) is 6.42 Å². The summed E-state index contributed by atoms with van der Waals surface area (Å²) in [7, 11) is 0. The van der Waals surface area contributed by atoms with E-state index in [1.807, 2.05) is 12.2 Å². The van der Waals surface area contributed by atoms with E-state index in [9.17, 15) is 5.11 Å². The van der Waals surface area contributed by atoms with Gasteiger partial charge in [0.05, 0.1) is 5.57 Å². The number of hydrogen-bond acceptors (Lipinski definition) is 3. The highest BCUT2D eigenvalue weighted by atomic mass is 16.3. The molecule has 3 nitrogen and oxygen atoms in total. The van der Waals surface area contributed by atoms with Crippen LogP contribution in [0.15, 0.2) is 36.4 Å². The molecule has 12 heavy (non-hydrogen) atoms. The van der Waals surface area contributed by atoms with Gasteiger partial charge in [-0.3, -0.25) is 0 Å². The average Bonchev–Trinajstić information content (AvgIpc) is 2.53. The molecule has 1 aliphatic carbocycles. The number of hydrogen-bond donors (Lipinski definition) is 1. The van der Waals surface area contributed by atoms with E-state index in [1.54, 1.807) is 18.5 Å². The molecule has 1 aliphatic rings. The summed E-state index contributed by atoms with van der Waals surface area (Å²) in [5, 5.41) is 9.38. The number of allylic oxidation sites excluding steroid dienone is 3. The molecule has 2 rings (SSSR count). The lowest BCUT2D eigenvalue weighted by Gasteiger charge is -1.97. The van der Waals surface area contributed by atoms with Crippen molar-refractivity contribution >= 4 is 5.57 Å². The summed E-state index contributed by atoms with van der Waals surface area (Å²) in [6.07, 6.45) is 7.64. The van der Waals surface area contributed by atoms with E-state index in [0.29, 0.717) is 18.0 Å². The zero-order valence-electron chi connectivity index (χ0n) is 6.44. The maximum absolute atomic E-state index is 9.38. The van der Waals surface area contributed by atoms with Gasteiger partial charge in [-0.25, -0.2) is 9.97 Å². The van der Waals surface area contributed by atoms with E-state index in [4.69, 9.17) is 0 Å². The Kier molecular flexibility index (Phi) is 1.63. The molecule has 0 amide bonds. The summed E-state index contributed by atoms with van der Waals surface area (Å²) in [4.78, 5) is 8.06. The molecule has 0 saturated carbocycles. The van der Waals surface area contributed by atoms with Crippen LogP contribution in [0.3, 0.4) is 0 Å². The van der Waals surface area contributed by atoms with Crippen LogP contribution in [0.25, 0.3) is 5.57 Å². The van der Waals surface area contributed by atoms with Gasteiger partial charge in [-0.05, 0) is 6.07 Å². The number of aromatic nitrogens is 2. The first-order valence-corrected chi connectivity index (χ1v) is 3.74. The van der Waals surface area contributed by atoms with E-state index in [1.165, 1.54) is 0 Å². The van der Waals surface area contributed by atoms with Gasteiger partial charge in [0.25, 0.3) is 0 Å². The molecule has 0 unspecified atom stereocenters. The Morgan fingerprint density at radius 2 is 2.00 bits per heavy atom. The Labute approximate surface area is 70.1 Å². The van der Waals surface area contributed by atoms with Gasteiger partial charge >= 0.3 is 0 Å². The minimum atomic E-state index is 0.348. The molecule has 0 saturated heterocycles. The maximum atomic E-state index is 9.38. The second-order valence-corrected chi connectivity index (χ2v) is 2.54. The smallest absolute Gasteiger partial charge is 0.162 e. The lowest BCUT2D eigenvalue weighted by molar-refractivity contribution is 0.407. The van der Waals surface area contributed by atoms with Crippen molar-refractivity contribution in [3.8, 4) is 0 Å². The van der Waals surface area contributed by atoms with Crippen LogP contribution in [0.1, 0.15) is 12.2 Å². The third kappa shape index (κ3) is 1.09. The van der Waals surface area contributed by atoms with Crippen LogP contribution in [0.4, 0.5) is 0 Å². The Morgan fingerprint density at radius 1 is 1.25 bits per heavy atom. The minimum absolute atomic E-state index is 0.348. The predicted octanol–water partition coefficient (Wildman–Crippen LogP) is 1.71. The first kappa shape index (κ1) is 7.03. The van der Waals surface area contributed by atoms with Gasteiger partial charge < -0.3 is 5.11 Å². The number of rotatable bonds is 1. The van der Waals surface area contributed by atoms with Crippen molar-refractivity contribution in [3.63, 3.8) is 0 Å². The highest BCUT2D eigenvalue weighted by Crippen LogP contribution is 2.22. The van der Waals surface area contributed by atoms with Gasteiger partial charge in [0.2, 0.25) is 0 Å². The molecule has 0 aromatic carbocycles. The Hall–Kier alpha value is -1.64. The first-order chi connectivity index (χ1) is 5.88. The number of nitrogens with zero attached hydrogens (tertiary/aromatic N) is 2. The van der Waals surface area contributed by atoms with E-state index in [-0.39, 0.29) is 0 Å². The van der Waals surface area contributed by atoms with Crippen LogP contribution in [0.2, 0.25) is 0 Å². The molecule has 0 aliphatic heterocycles. The molecule has 1 aromatic heterocycles. The first-order valence-electron chi connectivity index (χ1n) is 3.74. The lowest BCUT2D eigenvalue weighted by Crippen LogP contribution is -1.91. The third-order valence-electron chi connectivity index (χ3n) is 1.71. The standard InChI is InChI=1S/C9H8N2O/c12-8-4-1-3-7(8)9-10-5-2-6-11-9/h1-3,5-6,12H,4H2. The fourth-order valence-electron chi connectivity index (χ4n) is 1.14. The summed E-state index contributed by atoms with van der Waals surface area (Å²) in [5.41, 5.74) is 0.732. The largest absolute Gasteiger partial charge is 0.511 e. The second kappa shape index (κ2) is 2.77. The summed E-state index contributed by atoms with van der Waals surface area (Å²) in [6, 6.07) is 1.75. The lowest BCUT2D eigenvalue weighted by atomic mass is 10.2. The topological polar surface area (TPSA) is 46.0 Å². The summed E-state index contributed by atoms with van der Waals surface area (Å²) >= 11 is 0. The molecule has 1 aromatic rings. The van der Waals surface area contributed by atoms with Crippen LogP contribution in [-0.2, 0) is 0 Å². The van der Waals surface area contributed by atoms with Crippen molar-refractivity contribution in [2.75, 3.05) is 0 Å². The molecule has 1 heterocycles. The zero-order valence-corrected chi connectivity index (χ0v) is 6.44. The average molecular weight is 160 g/mol. The van der Waals surface area contributed by atoms with E-state index < -0.39 is 0 Å². The van der Waals surface area contributed by atoms with Gasteiger partial charge in [0.15, 0.2) is 5.82 Å². The van der Waals surface area contributed by atoms with Gasteiger partial charge in [-0.15, -0.1) is 0 Å². The van der Waals surface area contributed by atoms with Crippen molar-refractivity contribution < 1.29 is 5.11 Å². The number of aliphatic hydroxyl groups is 1. The molecular formula is C9H8N2O. The highest BCUT2D eigenvalue weighted by molar-refractivity contribution is 5.73. The second-order valence-electron chi connectivity index (χ2n) is 2.54. The van der Waals surface area contributed by atoms with Crippen molar-refractivity contribution in [1.82, 2.24) is 9.97 Å². The summed E-state index contributed by atoms with van der Waals surface area (Å²) in [6.45, 7) is 0. The normalized spacial score (nSPS) is 15.7. The Balaban J connectivity index is 2.44. The maximum Gasteiger partial charge on any atom is 0.162 e. The monoisotopic (exact) mass is 160 g/mol. The minimum Gasteiger partial charge on any atom is -0.511 e. The van der Waals surface area contributed by atoms with E-state index in [0.717, 1.165) is 5.57 Å². The Morgan fingerprint density at radius 3 is 2.58 bits per heavy atom. The van der Waals surface area contributed by atoms with Crippen LogP contribution < -0.4 is 0 Å².